The lowest BCUT2D eigenvalue weighted by Gasteiger charge is -2.26. The lowest BCUT2D eigenvalue weighted by Crippen LogP contribution is -2.32. The van der Waals surface area contributed by atoms with Gasteiger partial charge in [-0.1, -0.05) is 31.0 Å². The first-order valence-electron chi connectivity index (χ1n) is 6.57. The molecule has 0 heterocycles. The van der Waals surface area contributed by atoms with Crippen LogP contribution in [0.15, 0.2) is 24.3 Å². The molecule has 6 heteroatoms. The van der Waals surface area contributed by atoms with Gasteiger partial charge in [0.05, 0.1) is 12.1 Å². The van der Waals surface area contributed by atoms with Gasteiger partial charge in [-0.05, 0) is 24.8 Å². The van der Waals surface area contributed by atoms with Crippen LogP contribution in [0, 0.1) is 5.92 Å². The number of halogens is 3. The second kappa shape index (κ2) is 7.76. The van der Waals surface area contributed by atoms with Crippen LogP contribution in [0.25, 0.3) is 0 Å². The predicted molar refractivity (Wildman–Crippen MR) is 75.2 cm³/mol. The van der Waals surface area contributed by atoms with Gasteiger partial charge in [-0.2, -0.15) is 8.78 Å². The Labute approximate surface area is 123 Å². The zero-order valence-corrected chi connectivity index (χ0v) is 11.9. The van der Waals surface area contributed by atoms with Crippen molar-refractivity contribution in [2.24, 2.45) is 11.7 Å². The van der Waals surface area contributed by atoms with E-state index in [0.717, 1.165) is 25.7 Å². The largest absolute Gasteiger partial charge is 0.434 e. The molecule has 0 radical (unpaired) electrons. The summed E-state index contributed by atoms with van der Waals surface area (Å²) in [6.07, 6.45) is 3.33. The van der Waals surface area contributed by atoms with Crippen molar-refractivity contribution < 1.29 is 18.6 Å². The van der Waals surface area contributed by atoms with Crippen molar-refractivity contribution in [3.05, 3.63) is 29.8 Å². The third-order valence-electron chi connectivity index (χ3n) is 3.74. The summed E-state index contributed by atoms with van der Waals surface area (Å²) in [6.45, 7) is -2.89. The molecule has 0 bridgehead atoms. The molecular weight excluding hydrogens is 288 g/mol. The maximum Gasteiger partial charge on any atom is 0.387 e. The normalized spacial score (nSPS) is 18.6. The van der Waals surface area contributed by atoms with Gasteiger partial charge in [-0.25, -0.2) is 0 Å². The van der Waals surface area contributed by atoms with Gasteiger partial charge in [0.1, 0.15) is 5.75 Å². The number of rotatable bonds is 5. The Morgan fingerprint density at radius 1 is 1.20 bits per heavy atom. The van der Waals surface area contributed by atoms with Crippen molar-refractivity contribution in [2.75, 3.05) is 0 Å². The molecule has 3 nitrogen and oxygen atoms in total. The van der Waals surface area contributed by atoms with Crippen LogP contribution in [0.1, 0.15) is 37.3 Å². The fraction of sp³-hybridized carbons (Fsp3) is 0.571. The van der Waals surface area contributed by atoms with E-state index in [-0.39, 0.29) is 24.1 Å². The Morgan fingerprint density at radius 3 is 2.40 bits per heavy atom. The van der Waals surface area contributed by atoms with E-state index in [4.69, 9.17) is 5.73 Å². The number of benzene rings is 1. The smallest absolute Gasteiger partial charge is 0.387 e. The molecule has 2 rings (SSSR count). The van der Waals surface area contributed by atoms with Gasteiger partial charge in [-0.3, -0.25) is 0 Å². The van der Waals surface area contributed by atoms with Crippen LogP contribution in [0.5, 0.6) is 5.75 Å². The summed E-state index contributed by atoms with van der Waals surface area (Å²) in [5.41, 5.74) is 6.45. The van der Waals surface area contributed by atoms with E-state index >= 15 is 0 Å². The van der Waals surface area contributed by atoms with Crippen LogP contribution >= 0.6 is 12.4 Å². The van der Waals surface area contributed by atoms with E-state index in [1.54, 1.807) is 18.2 Å². The van der Waals surface area contributed by atoms with Crippen molar-refractivity contribution in [1.29, 1.82) is 0 Å². The van der Waals surface area contributed by atoms with E-state index in [1.807, 2.05) is 0 Å². The van der Waals surface area contributed by atoms with Crippen LogP contribution < -0.4 is 10.5 Å². The standard InChI is InChI=1S/C14H19F2NO2.ClH/c15-14(16)19-11-8-4-3-7-10(11)12(17)13(18)9-5-1-2-6-9;/h3-4,7-9,12-14,18H,1-2,5-6,17H2;1H/t12-,13+;/m1./s1. The molecule has 1 aromatic carbocycles. The lowest BCUT2D eigenvalue weighted by molar-refractivity contribution is -0.0512. The lowest BCUT2D eigenvalue weighted by atomic mass is 9.90. The number of aliphatic hydroxyl groups is 1. The molecule has 0 aromatic heterocycles. The third-order valence-corrected chi connectivity index (χ3v) is 3.74. The summed E-state index contributed by atoms with van der Waals surface area (Å²) < 4.78 is 29.1. The quantitative estimate of drug-likeness (QED) is 0.878. The average Bonchev–Trinajstić information content (AvgIpc) is 2.91. The van der Waals surface area contributed by atoms with Gasteiger partial charge in [0.25, 0.3) is 0 Å². The summed E-state index contributed by atoms with van der Waals surface area (Å²) in [4.78, 5) is 0. The minimum Gasteiger partial charge on any atom is -0.434 e. The molecule has 2 atom stereocenters. The molecule has 1 aliphatic rings. The van der Waals surface area contributed by atoms with Gasteiger partial charge < -0.3 is 15.6 Å². The highest BCUT2D eigenvalue weighted by Crippen LogP contribution is 2.35. The van der Waals surface area contributed by atoms with Crippen LogP contribution in [0.2, 0.25) is 0 Å². The number of hydrogen-bond donors (Lipinski definition) is 2. The average molecular weight is 308 g/mol. The van der Waals surface area contributed by atoms with E-state index in [9.17, 15) is 13.9 Å². The number of ether oxygens (including phenoxy) is 1. The monoisotopic (exact) mass is 307 g/mol. The number of aliphatic hydroxyl groups excluding tert-OH is 1. The molecule has 0 amide bonds. The molecule has 0 saturated heterocycles. The molecule has 1 fully saturated rings. The summed E-state index contributed by atoms with van der Waals surface area (Å²) >= 11 is 0. The highest BCUT2D eigenvalue weighted by Gasteiger charge is 2.30. The fourth-order valence-corrected chi connectivity index (χ4v) is 2.74. The Morgan fingerprint density at radius 2 is 1.80 bits per heavy atom. The van der Waals surface area contributed by atoms with E-state index < -0.39 is 18.8 Å². The highest BCUT2D eigenvalue weighted by molar-refractivity contribution is 5.85. The summed E-state index contributed by atoms with van der Waals surface area (Å²) in [5.74, 6) is 0.191. The molecule has 20 heavy (non-hydrogen) atoms. The second-order valence-electron chi connectivity index (χ2n) is 4.98. The predicted octanol–water partition coefficient (Wildman–Crippen LogP) is 3.26. The fourth-order valence-electron chi connectivity index (χ4n) is 2.74. The number of para-hydroxylation sites is 1. The Balaban J connectivity index is 0.00000200. The van der Waals surface area contributed by atoms with Crippen LogP contribution in [0.3, 0.4) is 0 Å². The van der Waals surface area contributed by atoms with E-state index in [2.05, 4.69) is 4.74 Å². The van der Waals surface area contributed by atoms with E-state index in [0.29, 0.717) is 5.56 Å². The first-order valence-corrected chi connectivity index (χ1v) is 6.57. The molecule has 1 aromatic rings. The summed E-state index contributed by atoms with van der Waals surface area (Å²) in [5, 5.41) is 10.3. The molecular formula is C14H20ClF2NO2. The highest BCUT2D eigenvalue weighted by atomic mass is 35.5. The van der Waals surface area contributed by atoms with Crippen LogP contribution in [-0.2, 0) is 0 Å². The molecule has 114 valence electrons. The van der Waals surface area contributed by atoms with Crippen molar-refractivity contribution in [2.45, 2.75) is 44.4 Å². The molecule has 0 aliphatic heterocycles. The van der Waals surface area contributed by atoms with Crippen molar-refractivity contribution in [3.63, 3.8) is 0 Å². The van der Waals surface area contributed by atoms with Crippen molar-refractivity contribution in [1.82, 2.24) is 0 Å². The van der Waals surface area contributed by atoms with Crippen molar-refractivity contribution >= 4 is 12.4 Å². The summed E-state index contributed by atoms with van der Waals surface area (Å²) in [7, 11) is 0. The Bertz CT molecular complexity index is 414. The zero-order chi connectivity index (χ0) is 13.8. The molecule has 1 aliphatic carbocycles. The zero-order valence-electron chi connectivity index (χ0n) is 11.0. The minimum absolute atomic E-state index is 0. The third kappa shape index (κ3) is 4.04. The van der Waals surface area contributed by atoms with Gasteiger partial charge in [0.2, 0.25) is 0 Å². The maximum absolute atomic E-state index is 12.3. The first-order chi connectivity index (χ1) is 9.09. The first kappa shape index (κ1) is 17.1. The second-order valence-corrected chi connectivity index (χ2v) is 4.98. The molecule has 0 spiro atoms. The Hall–Kier alpha value is -0.910. The number of nitrogens with two attached hydrogens (primary N) is 1. The van der Waals surface area contributed by atoms with Crippen LogP contribution in [-0.4, -0.2) is 17.8 Å². The Kier molecular flexibility index (Phi) is 6.65. The van der Waals surface area contributed by atoms with Crippen molar-refractivity contribution in [3.8, 4) is 5.75 Å². The minimum atomic E-state index is -2.89. The number of hydrogen-bond acceptors (Lipinski definition) is 3. The molecule has 1 saturated carbocycles. The topological polar surface area (TPSA) is 55.5 Å². The maximum atomic E-state index is 12.3. The molecule has 3 N–H and O–H groups in total. The van der Waals surface area contributed by atoms with Crippen LogP contribution in [0.4, 0.5) is 8.78 Å². The van der Waals surface area contributed by atoms with E-state index in [1.165, 1.54) is 6.07 Å². The number of alkyl halides is 2. The van der Waals surface area contributed by atoms with Gasteiger partial charge in [-0.15, -0.1) is 12.4 Å². The van der Waals surface area contributed by atoms with Gasteiger partial charge in [0, 0.05) is 5.56 Å². The molecule has 0 unspecified atom stereocenters. The summed E-state index contributed by atoms with van der Waals surface area (Å²) in [6, 6.07) is 5.69. The van der Waals surface area contributed by atoms with Gasteiger partial charge >= 0.3 is 6.61 Å². The van der Waals surface area contributed by atoms with Gasteiger partial charge in [0.15, 0.2) is 0 Å². The SMILES string of the molecule is Cl.N[C@H](c1ccccc1OC(F)F)[C@@H](O)C1CCCC1.